The van der Waals surface area contributed by atoms with Crippen molar-refractivity contribution in [2.75, 3.05) is 7.11 Å². The van der Waals surface area contributed by atoms with Crippen molar-refractivity contribution in [1.82, 2.24) is 4.98 Å². The highest BCUT2D eigenvalue weighted by Crippen LogP contribution is 2.26. The number of alkyl halides is 2. The van der Waals surface area contributed by atoms with Crippen LogP contribution in [0.4, 0.5) is 13.2 Å². The summed E-state index contributed by atoms with van der Waals surface area (Å²) in [6.45, 7) is 0. The summed E-state index contributed by atoms with van der Waals surface area (Å²) in [4.78, 5) is 3.99. The first-order valence-electron chi connectivity index (χ1n) is 5.53. The zero-order valence-corrected chi connectivity index (χ0v) is 10.1. The number of nitrogens with zero attached hydrogens (tertiary/aromatic N) is 1. The Bertz CT molecular complexity index is 572. The molecule has 0 aliphatic rings. The van der Waals surface area contributed by atoms with Crippen LogP contribution in [0.2, 0.25) is 0 Å². The number of ether oxygens (including phenoxy) is 1. The summed E-state index contributed by atoms with van der Waals surface area (Å²) in [5.74, 6) is -0.532. The molecule has 0 fully saturated rings. The van der Waals surface area contributed by atoms with Gasteiger partial charge in [-0.05, 0) is 23.8 Å². The lowest BCUT2D eigenvalue weighted by Gasteiger charge is -2.08. The SMILES string of the molecule is COc1ncccc1[CH]c1ccc(F)c(C(F)F)c1. The minimum Gasteiger partial charge on any atom is -0.481 e. The molecule has 0 aliphatic heterocycles. The van der Waals surface area contributed by atoms with Crippen molar-refractivity contribution in [2.24, 2.45) is 0 Å². The normalized spacial score (nSPS) is 10.8. The summed E-state index contributed by atoms with van der Waals surface area (Å²) in [5, 5.41) is 0. The van der Waals surface area contributed by atoms with Gasteiger partial charge in [0.2, 0.25) is 5.88 Å². The maximum Gasteiger partial charge on any atom is 0.266 e. The molecule has 0 saturated heterocycles. The zero-order chi connectivity index (χ0) is 13.8. The van der Waals surface area contributed by atoms with Gasteiger partial charge in [0.15, 0.2) is 0 Å². The van der Waals surface area contributed by atoms with E-state index in [1.54, 1.807) is 24.8 Å². The topological polar surface area (TPSA) is 22.1 Å². The van der Waals surface area contributed by atoms with Crippen LogP contribution in [0.1, 0.15) is 23.1 Å². The molecule has 0 aliphatic carbocycles. The number of halogens is 3. The second-order valence-corrected chi connectivity index (χ2v) is 3.83. The molecule has 0 amide bonds. The van der Waals surface area contributed by atoms with Gasteiger partial charge in [0, 0.05) is 18.2 Å². The Balaban J connectivity index is 2.31. The van der Waals surface area contributed by atoms with Crippen molar-refractivity contribution in [3.05, 3.63) is 65.5 Å². The highest BCUT2D eigenvalue weighted by atomic mass is 19.3. The van der Waals surface area contributed by atoms with E-state index in [1.807, 2.05) is 0 Å². The van der Waals surface area contributed by atoms with E-state index in [9.17, 15) is 13.2 Å². The average Bonchev–Trinajstić information content (AvgIpc) is 2.41. The molecule has 99 valence electrons. The molecule has 2 nitrogen and oxygen atoms in total. The van der Waals surface area contributed by atoms with Crippen LogP contribution in [-0.2, 0) is 0 Å². The molecular formula is C14H11F3NO. The first kappa shape index (κ1) is 13.4. The van der Waals surface area contributed by atoms with Gasteiger partial charge >= 0.3 is 0 Å². The van der Waals surface area contributed by atoms with Crippen LogP contribution in [0, 0.1) is 12.2 Å². The molecule has 0 N–H and O–H groups in total. The summed E-state index contributed by atoms with van der Waals surface area (Å²) in [6.07, 6.45) is 0.326. The number of rotatable bonds is 4. The third kappa shape index (κ3) is 3.05. The number of benzene rings is 1. The lowest BCUT2D eigenvalue weighted by molar-refractivity contribution is 0.146. The third-order valence-electron chi connectivity index (χ3n) is 2.57. The number of pyridine rings is 1. The van der Waals surface area contributed by atoms with Crippen molar-refractivity contribution < 1.29 is 17.9 Å². The molecule has 2 rings (SSSR count). The Kier molecular flexibility index (Phi) is 4.04. The van der Waals surface area contributed by atoms with E-state index < -0.39 is 17.8 Å². The fourth-order valence-corrected chi connectivity index (χ4v) is 1.68. The van der Waals surface area contributed by atoms with Crippen LogP contribution < -0.4 is 4.74 Å². The number of methoxy groups -OCH3 is 1. The standard InChI is InChI=1S/C14H11F3NO/c1-19-14-10(3-2-6-18-14)7-9-4-5-12(15)11(8-9)13(16)17/h2-8,13H,1H3. The van der Waals surface area contributed by atoms with Gasteiger partial charge in [-0.2, -0.15) is 0 Å². The van der Waals surface area contributed by atoms with Gasteiger partial charge in [0.25, 0.3) is 6.43 Å². The number of aromatic nitrogens is 1. The summed E-state index contributed by atoms with van der Waals surface area (Å²) in [5.41, 5.74) is 0.483. The minimum atomic E-state index is -2.84. The fraction of sp³-hybridized carbons (Fsp3) is 0.143. The number of hydrogen-bond donors (Lipinski definition) is 0. The second-order valence-electron chi connectivity index (χ2n) is 3.83. The van der Waals surface area contributed by atoms with Crippen molar-refractivity contribution in [3.8, 4) is 5.88 Å². The quantitative estimate of drug-likeness (QED) is 0.840. The Morgan fingerprint density at radius 1 is 1.26 bits per heavy atom. The molecule has 0 bridgehead atoms. The molecule has 5 heteroatoms. The molecule has 2 aromatic rings. The van der Waals surface area contributed by atoms with E-state index in [4.69, 9.17) is 4.74 Å². The van der Waals surface area contributed by atoms with Gasteiger partial charge in [0.1, 0.15) is 5.82 Å². The zero-order valence-electron chi connectivity index (χ0n) is 10.1. The van der Waals surface area contributed by atoms with Crippen molar-refractivity contribution in [3.63, 3.8) is 0 Å². The van der Waals surface area contributed by atoms with E-state index in [1.165, 1.54) is 13.2 Å². The largest absolute Gasteiger partial charge is 0.481 e. The van der Waals surface area contributed by atoms with E-state index in [0.29, 0.717) is 17.0 Å². The maximum atomic E-state index is 13.2. The Morgan fingerprint density at radius 2 is 2.05 bits per heavy atom. The molecule has 19 heavy (non-hydrogen) atoms. The number of hydrogen-bond acceptors (Lipinski definition) is 2. The van der Waals surface area contributed by atoms with Crippen LogP contribution in [0.3, 0.4) is 0 Å². The highest BCUT2D eigenvalue weighted by Gasteiger charge is 2.14. The van der Waals surface area contributed by atoms with Crippen LogP contribution >= 0.6 is 0 Å². The van der Waals surface area contributed by atoms with Gasteiger partial charge in [-0.1, -0.05) is 12.1 Å². The lowest BCUT2D eigenvalue weighted by Crippen LogP contribution is -1.97. The molecule has 0 unspecified atom stereocenters. The summed E-state index contributed by atoms with van der Waals surface area (Å²) in [6, 6.07) is 7.00. The summed E-state index contributed by atoms with van der Waals surface area (Å²) < 4.78 is 43.4. The van der Waals surface area contributed by atoms with Gasteiger partial charge in [0.05, 0.1) is 12.7 Å². The van der Waals surface area contributed by atoms with Crippen LogP contribution in [0.5, 0.6) is 5.88 Å². The van der Waals surface area contributed by atoms with Gasteiger partial charge in [-0.3, -0.25) is 0 Å². The van der Waals surface area contributed by atoms with Gasteiger partial charge in [-0.25, -0.2) is 18.2 Å². The first-order chi connectivity index (χ1) is 9.11. The van der Waals surface area contributed by atoms with Gasteiger partial charge < -0.3 is 4.74 Å². The monoisotopic (exact) mass is 266 g/mol. The van der Waals surface area contributed by atoms with E-state index in [0.717, 1.165) is 12.1 Å². The molecule has 0 saturated carbocycles. The predicted octanol–water partition coefficient (Wildman–Crippen LogP) is 3.77. The summed E-state index contributed by atoms with van der Waals surface area (Å²) >= 11 is 0. The summed E-state index contributed by atoms with van der Waals surface area (Å²) in [7, 11) is 1.47. The molecule has 0 atom stereocenters. The highest BCUT2D eigenvalue weighted by molar-refractivity contribution is 5.43. The molecule has 1 aromatic carbocycles. The maximum absolute atomic E-state index is 13.2. The minimum absolute atomic E-state index is 0.380. The molecule has 1 aromatic heterocycles. The average molecular weight is 266 g/mol. The first-order valence-corrected chi connectivity index (χ1v) is 5.53. The Labute approximate surface area is 108 Å². The van der Waals surface area contributed by atoms with Crippen molar-refractivity contribution in [1.29, 1.82) is 0 Å². The van der Waals surface area contributed by atoms with Crippen molar-refractivity contribution in [2.45, 2.75) is 6.43 Å². The fourth-order valence-electron chi connectivity index (χ4n) is 1.68. The van der Waals surface area contributed by atoms with E-state index >= 15 is 0 Å². The molecule has 1 heterocycles. The van der Waals surface area contributed by atoms with Crippen LogP contribution in [0.25, 0.3) is 0 Å². The Morgan fingerprint density at radius 3 is 2.74 bits per heavy atom. The van der Waals surface area contributed by atoms with Crippen LogP contribution in [-0.4, -0.2) is 12.1 Å². The molecule has 1 radical (unpaired) electrons. The lowest BCUT2D eigenvalue weighted by atomic mass is 10.0. The molecular weight excluding hydrogens is 255 g/mol. The predicted molar refractivity (Wildman–Crippen MR) is 64.7 cm³/mol. The van der Waals surface area contributed by atoms with E-state index in [-0.39, 0.29) is 0 Å². The van der Waals surface area contributed by atoms with Crippen molar-refractivity contribution >= 4 is 0 Å². The second kappa shape index (κ2) is 5.73. The molecule has 0 spiro atoms. The van der Waals surface area contributed by atoms with E-state index in [2.05, 4.69) is 4.98 Å². The third-order valence-corrected chi connectivity index (χ3v) is 2.57. The Hall–Kier alpha value is -2.04. The van der Waals surface area contributed by atoms with Gasteiger partial charge in [-0.15, -0.1) is 0 Å². The smallest absolute Gasteiger partial charge is 0.266 e. The van der Waals surface area contributed by atoms with Crippen LogP contribution in [0.15, 0.2) is 36.5 Å².